The van der Waals surface area contributed by atoms with Crippen molar-refractivity contribution in [1.82, 2.24) is 39.2 Å². The lowest BCUT2D eigenvalue weighted by molar-refractivity contribution is -0.135. The third kappa shape index (κ3) is 10.4. The molecule has 1 aliphatic carbocycles. The number of alkyl halides is 2. The molecular weight excluding hydrogens is 833 g/mol. The van der Waals surface area contributed by atoms with Gasteiger partial charge in [0, 0.05) is 50.6 Å². The molecule has 1 aromatic carbocycles. The highest BCUT2D eigenvalue weighted by atomic mass is 19.3. The Morgan fingerprint density at radius 2 is 1.75 bits per heavy atom. The zero-order chi connectivity index (χ0) is 44.7. The summed E-state index contributed by atoms with van der Waals surface area (Å²) in [5.41, 5.74) is 3.14. The molecule has 2 aliphatic rings. The summed E-state index contributed by atoms with van der Waals surface area (Å²) in [6.45, 7) is 1.55. The molecule has 2 fully saturated rings. The molecule has 1 aliphatic heterocycles. The van der Waals surface area contributed by atoms with Crippen LogP contribution in [0.25, 0.3) is 28.2 Å². The van der Waals surface area contributed by atoms with Gasteiger partial charge in [-0.15, -0.1) is 0 Å². The zero-order valence-electron chi connectivity index (χ0n) is 35.1. The van der Waals surface area contributed by atoms with Crippen molar-refractivity contribution in [2.45, 2.75) is 76.7 Å². The number of ketones is 1. The van der Waals surface area contributed by atoms with E-state index in [4.69, 9.17) is 13.9 Å². The first-order chi connectivity index (χ1) is 31.0. The highest BCUT2D eigenvalue weighted by Gasteiger charge is 2.31. The van der Waals surface area contributed by atoms with Crippen LogP contribution < -0.4 is 16.3 Å². The average Bonchev–Trinajstić information content (AvgIpc) is 3.71. The summed E-state index contributed by atoms with van der Waals surface area (Å²) in [7, 11) is 1.66. The normalized spacial score (nSPS) is 15.3. The number of piperidine rings is 1. The fourth-order valence-corrected chi connectivity index (χ4v) is 7.62. The summed E-state index contributed by atoms with van der Waals surface area (Å²) in [6.07, 6.45) is 9.35. The van der Waals surface area contributed by atoms with Gasteiger partial charge in [-0.25, -0.2) is 23.2 Å². The zero-order valence-corrected chi connectivity index (χ0v) is 35.1. The number of imide groups is 1. The van der Waals surface area contributed by atoms with Gasteiger partial charge in [-0.1, -0.05) is 18.9 Å². The molecule has 6 aromatic rings. The molecule has 1 saturated carbocycles. The van der Waals surface area contributed by atoms with Gasteiger partial charge in [0.25, 0.3) is 12.3 Å². The quantitative estimate of drug-likeness (QED) is 0.0477. The predicted octanol–water partition coefficient (Wildman–Crippen LogP) is 6.11. The first-order valence-corrected chi connectivity index (χ1v) is 21.3. The van der Waals surface area contributed by atoms with Crippen LogP contribution in [0.15, 0.2) is 76.5 Å². The number of imidazole rings is 1. The minimum Gasteiger partial charge on any atom is -0.444 e. The smallest absolute Gasteiger partial charge is 0.329 e. The number of fused-ring (bicyclic) bond motifs is 1. The van der Waals surface area contributed by atoms with E-state index in [0.29, 0.717) is 61.6 Å². The number of nitrogens with one attached hydrogen (secondary N) is 2. The molecule has 0 spiro atoms. The highest BCUT2D eigenvalue weighted by molar-refractivity contribution is 6.03. The summed E-state index contributed by atoms with van der Waals surface area (Å²) in [5.74, 6) is -0.809. The standard InChI is InChI=1S/C45H47F2N9O8/c1-54-37-22-28(9-13-35(37)56(45(54)61)36-14-15-39(58)52-43(36)60)4-2-18-62-20-21-63-19-3-5-38(57)32-12-11-31(24-49-32)55-25-33(40(53-55)41(46)47)50-42(59)34-26-64-44(51-34)29-16-17-48-30(23-29)10-8-27-6-7-27/h9,11-13,16-17,22-27,36,41H,2-8,10,14-15,18-21H2,1H3,(H,50,59)(H,52,58,60). The van der Waals surface area contributed by atoms with Gasteiger partial charge in [0.05, 0.1) is 48.0 Å². The fraction of sp³-hybridized carbons (Fsp3) is 0.400. The van der Waals surface area contributed by atoms with Gasteiger partial charge in [0.15, 0.2) is 17.2 Å². The molecule has 1 atom stereocenters. The minimum absolute atomic E-state index is 0.0965. The Balaban J connectivity index is 0.742. The Labute approximate surface area is 365 Å². The van der Waals surface area contributed by atoms with E-state index < -0.39 is 30.0 Å². The number of hydrogen-bond acceptors (Lipinski definition) is 12. The van der Waals surface area contributed by atoms with Crippen LogP contribution in [-0.4, -0.2) is 83.8 Å². The summed E-state index contributed by atoms with van der Waals surface area (Å²) in [5, 5.41) is 8.75. The highest BCUT2D eigenvalue weighted by Crippen LogP contribution is 2.34. The molecule has 8 rings (SSSR count). The SMILES string of the molecule is Cn1c(=O)n(C2CCC(=O)NC2=O)c2ccc(CCCOCCOCCCC(=O)c3ccc(-n4cc(NC(=O)c5coc(-c6ccnc(CCC7CC7)c6)n5)c(C(F)F)n4)cn3)cc21. The molecule has 64 heavy (non-hydrogen) atoms. The van der Waals surface area contributed by atoms with Gasteiger partial charge >= 0.3 is 5.69 Å². The molecule has 1 saturated heterocycles. The average molecular weight is 880 g/mol. The second kappa shape index (κ2) is 19.8. The number of Topliss-reactive ketones (excluding diaryl/α,β-unsaturated/α-hetero) is 1. The van der Waals surface area contributed by atoms with Crippen LogP contribution in [0.5, 0.6) is 0 Å². The molecule has 0 bridgehead atoms. The number of carbonyl (C=O) groups is 4. The van der Waals surface area contributed by atoms with Crippen molar-refractivity contribution in [3.8, 4) is 17.1 Å². The number of rotatable bonds is 21. The number of aromatic nitrogens is 7. The van der Waals surface area contributed by atoms with E-state index in [9.17, 15) is 32.8 Å². The third-order valence-electron chi connectivity index (χ3n) is 11.3. The molecule has 6 heterocycles. The monoisotopic (exact) mass is 879 g/mol. The number of hydrogen-bond donors (Lipinski definition) is 2. The van der Waals surface area contributed by atoms with E-state index in [-0.39, 0.29) is 59.6 Å². The van der Waals surface area contributed by atoms with Crippen molar-refractivity contribution < 1.29 is 41.8 Å². The predicted molar refractivity (Wildman–Crippen MR) is 227 cm³/mol. The number of carbonyl (C=O) groups excluding carboxylic acids is 4. The summed E-state index contributed by atoms with van der Waals surface area (Å²) in [4.78, 5) is 75.9. The molecule has 5 aromatic heterocycles. The maximum absolute atomic E-state index is 14.0. The van der Waals surface area contributed by atoms with E-state index in [0.717, 1.165) is 47.4 Å². The fourth-order valence-electron chi connectivity index (χ4n) is 7.62. The lowest BCUT2D eigenvalue weighted by Gasteiger charge is -2.21. The molecule has 2 N–H and O–H groups in total. The molecule has 1 unspecified atom stereocenters. The molecule has 3 amide bonds. The van der Waals surface area contributed by atoms with Crippen molar-refractivity contribution in [2.75, 3.05) is 31.7 Å². The van der Waals surface area contributed by atoms with Crippen molar-refractivity contribution in [2.24, 2.45) is 13.0 Å². The summed E-state index contributed by atoms with van der Waals surface area (Å²) in [6, 6.07) is 11.6. The van der Waals surface area contributed by atoms with Crippen LogP contribution in [0.3, 0.4) is 0 Å². The van der Waals surface area contributed by atoms with Crippen LogP contribution in [0, 0.1) is 5.92 Å². The maximum atomic E-state index is 14.0. The molecule has 334 valence electrons. The second-order valence-electron chi connectivity index (χ2n) is 15.9. The Morgan fingerprint density at radius 1 is 0.938 bits per heavy atom. The van der Waals surface area contributed by atoms with Crippen molar-refractivity contribution in [3.63, 3.8) is 0 Å². The number of nitrogens with zero attached hydrogens (tertiary/aromatic N) is 7. The molecular formula is C45H47F2N9O8. The largest absolute Gasteiger partial charge is 0.444 e. The van der Waals surface area contributed by atoms with Crippen LogP contribution >= 0.6 is 0 Å². The number of ether oxygens (including phenoxy) is 2. The molecule has 19 heteroatoms. The maximum Gasteiger partial charge on any atom is 0.329 e. The summed E-state index contributed by atoms with van der Waals surface area (Å²) >= 11 is 0. The number of amides is 3. The van der Waals surface area contributed by atoms with E-state index in [1.54, 1.807) is 19.3 Å². The van der Waals surface area contributed by atoms with Gasteiger partial charge in [0.2, 0.25) is 17.7 Å². The first kappa shape index (κ1) is 43.9. The Kier molecular flexibility index (Phi) is 13.6. The van der Waals surface area contributed by atoms with Gasteiger partial charge in [-0.05, 0) is 86.4 Å². The van der Waals surface area contributed by atoms with Crippen molar-refractivity contribution in [3.05, 3.63) is 106 Å². The van der Waals surface area contributed by atoms with Gasteiger partial charge in [-0.3, -0.25) is 43.6 Å². The lowest BCUT2D eigenvalue weighted by atomic mass is 10.1. The number of benzene rings is 1. The van der Waals surface area contributed by atoms with Gasteiger partial charge in [-0.2, -0.15) is 5.10 Å². The van der Waals surface area contributed by atoms with E-state index >= 15 is 0 Å². The Morgan fingerprint density at radius 3 is 2.50 bits per heavy atom. The number of halogens is 2. The Hall–Kier alpha value is -6.73. The number of oxazole rings is 1. The van der Waals surface area contributed by atoms with Gasteiger partial charge in [0.1, 0.15) is 18.0 Å². The lowest BCUT2D eigenvalue weighted by Crippen LogP contribution is -2.44. The van der Waals surface area contributed by atoms with E-state index in [1.165, 1.54) is 46.5 Å². The Bertz CT molecular complexity index is 2720. The second-order valence-corrected chi connectivity index (χ2v) is 15.9. The van der Waals surface area contributed by atoms with Crippen LogP contribution in [0.1, 0.15) is 102 Å². The topological polar surface area (TPSA) is 207 Å². The number of pyridine rings is 2. The number of aryl methyl sites for hydroxylation is 3. The van der Waals surface area contributed by atoms with Crippen LogP contribution in [0.4, 0.5) is 14.5 Å². The van der Waals surface area contributed by atoms with Crippen molar-refractivity contribution in [1.29, 1.82) is 0 Å². The first-order valence-electron chi connectivity index (χ1n) is 21.3. The molecule has 0 radical (unpaired) electrons. The van der Waals surface area contributed by atoms with Gasteiger partial charge < -0.3 is 19.2 Å². The third-order valence-corrected chi connectivity index (χ3v) is 11.3. The van der Waals surface area contributed by atoms with E-state index in [1.807, 2.05) is 24.3 Å². The van der Waals surface area contributed by atoms with E-state index in [2.05, 4.69) is 30.7 Å². The van der Waals surface area contributed by atoms with Crippen molar-refractivity contribution >= 4 is 40.2 Å². The summed E-state index contributed by atoms with van der Waals surface area (Å²) < 4.78 is 49.1. The van der Waals surface area contributed by atoms with Crippen LogP contribution in [-0.2, 0) is 39.0 Å². The molecule has 17 nitrogen and oxygen atoms in total. The minimum atomic E-state index is -3.00. The number of anilines is 1. The van der Waals surface area contributed by atoms with Crippen LogP contribution in [0.2, 0.25) is 0 Å².